The Morgan fingerprint density at radius 2 is 2.16 bits per heavy atom. The molecule has 0 aromatic carbocycles. The smallest absolute Gasteiger partial charge is 0.231 e. The lowest BCUT2D eigenvalue weighted by Gasteiger charge is -2.10. The zero-order valence-corrected chi connectivity index (χ0v) is 11.2. The van der Waals surface area contributed by atoms with E-state index in [2.05, 4.69) is 10.3 Å². The molecule has 1 aromatic heterocycles. The van der Waals surface area contributed by atoms with Crippen molar-refractivity contribution in [2.45, 2.75) is 17.5 Å². The highest BCUT2D eigenvalue weighted by atomic mass is 32.2. The van der Waals surface area contributed by atoms with Crippen LogP contribution in [0.15, 0.2) is 35.5 Å². The van der Waals surface area contributed by atoms with E-state index in [1.54, 1.807) is 12.2 Å². The maximum absolute atomic E-state index is 11.9. The molecule has 19 heavy (non-hydrogen) atoms. The first-order valence-electron chi connectivity index (χ1n) is 5.77. The Kier molecular flexibility index (Phi) is 3.68. The van der Waals surface area contributed by atoms with Gasteiger partial charge in [0.05, 0.1) is 17.8 Å². The first-order chi connectivity index (χ1) is 8.86. The van der Waals surface area contributed by atoms with Crippen LogP contribution >= 0.6 is 0 Å². The molecule has 0 saturated heterocycles. The third-order valence-corrected chi connectivity index (χ3v) is 3.84. The molecule has 1 amide bonds. The van der Waals surface area contributed by atoms with Crippen LogP contribution in [0.3, 0.4) is 0 Å². The molecule has 2 rings (SSSR count). The molecule has 7 heteroatoms. The van der Waals surface area contributed by atoms with E-state index in [1.807, 2.05) is 0 Å². The minimum Gasteiger partial charge on any atom is -0.324 e. The van der Waals surface area contributed by atoms with Crippen LogP contribution in [-0.2, 0) is 14.6 Å². The summed E-state index contributed by atoms with van der Waals surface area (Å²) in [4.78, 5) is 15.7. The SMILES string of the molecule is CS(=O)(=O)c1ccc(NC(=O)C2C=CC(N)C2)cn1. The molecular formula is C12H15N3O3S. The number of carbonyl (C=O) groups excluding carboxylic acids is 1. The number of rotatable bonds is 3. The van der Waals surface area contributed by atoms with Crippen LogP contribution in [0.1, 0.15) is 6.42 Å². The Labute approximate surface area is 111 Å². The van der Waals surface area contributed by atoms with E-state index in [0.717, 1.165) is 6.26 Å². The largest absolute Gasteiger partial charge is 0.324 e. The van der Waals surface area contributed by atoms with Gasteiger partial charge in [0, 0.05) is 12.3 Å². The molecule has 6 nitrogen and oxygen atoms in total. The number of aromatic nitrogens is 1. The third-order valence-electron chi connectivity index (χ3n) is 2.84. The van der Waals surface area contributed by atoms with Gasteiger partial charge in [-0.3, -0.25) is 4.79 Å². The quantitative estimate of drug-likeness (QED) is 0.777. The predicted molar refractivity (Wildman–Crippen MR) is 71.2 cm³/mol. The molecule has 1 aromatic rings. The van der Waals surface area contributed by atoms with Gasteiger partial charge in [-0.2, -0.15) is 0 Å². The van der Waals surface area contributed by atoms with Crippen molar-refractivity contribution in [2.75, 3.05) is 11.6 Å². The number of pyridine rings is 1. The number of anilines is 1. The van der Waals surface area contributed by atoms with E-state index < -0.39 is 9.84 Å². The van der Waals surface area contributed by atoms with E-state index in [0.29, 0.717) is 12.1 Å². The van der Waals surface area contributed by atoms with E-state index in [4.69, 9.17) is 5.73 Å². The second-order valence-electron chi connectivity index (χ2n) is 4.54. The summed E-state index contributed by atoms with van der Waals surface area (Å²) in [5.74, 6) is -0.414. The number of hydrogen-bond donors (Lipinski definition) is 2. The Morgan fingerprint density at radius 1 is 1.42 bits per heavy atom. The van der Waals surface area contributed by atoms with E-state index >= 15 is 0 Å². The lowest BCUT2D eigenvalue weighted by Crippen LogP contribution is -2.24. The van der Waals surface area contributed by atoms with Crippen molar-refractivity contribution >= 4 is 21.4 Å². The maximum atomic E-state index is 11.9. The van der Waals surface area contributed by atoms with Gasteiger partial charge < -0.3 is 11.1 Å². The van der Waals surface area contributed by atoms with Crippen molar-refractivity contribution in [2.24, 2.45) is 11.7 Å². The van der Waals surface area contributed by atoms with E-state index in [9.17, 15) is 13.2 Å². The fourth-order valence-corrected chi connectivity index (χ4v) is 2.39. The maximum Gasteiger partial charge on any atom is 0.231 e. The van der Waals surface area contributed by atoms with Gasteiger partial charge in [-0.15, -0.1) is 0 Å². The number of sulfone groups is 1. The molecule has 1 aliphatic carbocycles. The first-order valence-corrected chi connectivity index (χ1v) is 7.66. The highest BCUT2D eigenvalue weighted by molar-refractivity contribution is 7.90. The van der Waals surface area contributed by atoms with Gasteiger partial charge in [0.2, 0.25) is 5.91 Å². The van der Waals surface area contributed by atoms with Gasteiger partial charge in [0.25, 0.3) is 0 Å². The van der Waals surface area contributed by atoms with Crippen LogP contribution < -0.4 is 11.1 Å². The molecule has 1 heterocycles. The van der Waals surface area contributed by atoms with Gasteiger partial charge in [-0.05, 0) is 18.6 Å². The zero-order chi connectivity index (χ0) is 14.0. The molecule has 0 fully saturated rings. The molecule has 1 aliphatic rings. The third kappa shape index (κ3) is 3.39. The van der Waals surface area contributed by atoms with Crippen molar-refractivity contribution in [1.82, 2.24) is 4.98 Å². The normalized spacial score (nSPS) is 22.4. The summed E-state index contributed by atoms with van der Waals surface area (Å²) in [7, 11) is -3.32. The van der Waals surface area contributed by atoms with Crippen molar-refractivity contribution in [3.05, 3.63) is 30.5 Å². The summed E-state index contributed by atoms with van der Waals surface area (Å²) in [5.41, 5.74) is 6.14. The second kappa shape index (κ2) is 5.10. The highest BCUT2D eigenvalue weighted by Crippen LogP contribution is 2.19. The number of hydrogen-bond acceptors (Lipinski definition) is 5. The van der Waals surface area contributed by atoms with Gasteiger partial charge in [-0.25, -0.2) is 13.4 Å². The number of amides is 1. The van der Waals surface area contributed by atoms with Crippen LogP contribution in [0.25, 0.3) is 0 Å². The number of carbonyl (C=O) groups is 1. The molecule has 102 valence electrons. The Bertz CT molecular complexity index is 608. The summed E-state index contributed by atoms with van der Waals surface area (Å²) in [6.07, 6.45) is 6.57. The van der Waals surface area contributed by atoms with Gasteiger partial charge in [0.15, 0.2) is 14.9 Å². The van der Waals surface area contributed by atoms with Crippen molar-refractivity contribution < 1.29 is 13.2 Å². The fraction of sp³-hybridized carbons (Fsp3) is 0.333. The lowest BCUT2D eigenvalue weighted by molar-refractivity contribution is -0.118. The van der Waals surface area contributed by atoms with Crippen molar-refractivity contribution in [1.29, 1.82) is 0 Å². The summed E-state index contributed by atoms with van der Waals surface area (Å²) < 4.78 is 22.5. The average Bonchev–Trinajstić information content (AvgIpc) is 2.75. The minimum absolute atomic E-state index is 0.0201. The first kappa shape index (κ1) is 13.7. The number of nitrogens with two attached hydrogens (primary N) is 1. The highest BCUT2D eigenvalue weighted by Gasteiger charge is 2.22. The lowest BCUT2D eigenvalue weighted by atomic mass is 10.1. The molecule has 2 atom stereocenters. The van der Waals surface area contributed by atoms with Crippen LogP contribution in [0, 0.1) is 5.92 Å². The monoisotopic (exact) mass is 281 g/mol. The number of nitrogens with one attached hydrogen (secondary N) is 1. The van der Waals surface area contributed by atoms with Gasteiger partial charge >= 0.3 is 0 Å². The summed E-state index contributed by atoms with van der Waals surface area (Å²) in [6, 6.07) is 2.79. The zero-order valence-electron chi connectivity index (χ0n) is 10.4. The Morgan fingerprint density at radius 3 is 2.63 bits per heavy atom. The molecule has 0 aliphatic heterocycles. The number of nitrogens with zero attached hydrogens (tertiary/aromatic N) is 1. The average molecular weight is 281 g/mol. The van der Waals surface area contributed by atoms with E-state index in [-0.39, 0.29) is 22.9 Å². The van der Waals surface area contributed by atoms with Crippen molar-refractivity contribution in [3.63, 3.8) is 0 Å². The minimum atomic E-state index is -3.32. The van der Waals surface area contributed by atoms with Gasteiger partial charge in [-0.1, -0.05) is 12.2 Å². The van der Waals surface area contributed by atoms with Crippen LogP contribution in [0.5, 0.6) is 0 Å². The fourth-order valence-electron chi connectivity index (χ4n) is 1.83. The second-order valence-corrected chi connectivity index (χ2v) is 6.50. The van der Waals surface area contributed by atoms with Crippen LogP contribution in [-0.4, -0.2) is 31.6 Å². The predicted octanol–water partition coefficient (Wildman–Crippen LogP) is 0.327. The summed E-state index contributed by atoms with van der Waals surface area (Å²) in [6.45, 7) is 0. The molecule has 0 saturated carbocycles. The van der Waals surface area contributed by atoms with E-state index in [1.165, 1.54) is 18.3 Å². The van der Waals surface area contributed by atoms with Crippen LogP contribution in [0.2, 0.25) is 0 Å². The molecule has 0 spiro atoms. The van der Waals surface area contributed by atoms with Gasteiger partial charge in [0.1, 0.15) is 0 Å². The standard InChI is InChI=1S/C12H15N3O3S/c1-19(17,18)11-5-4-10(7-14-11)15-12(16)8-2-3-9(13)6-8/h2-5,7-9H,6,13H2,1H3,(H,15,16). The summed E-state index contributed by atoms with van der Waals surface area (Å²) in [5, 5.41) is 2.66. The summed E-state index contributed by atoms with van der Waals surface area (Å²) >= 11 is 0. The molecule has 3 N–H and O–H groups in total. The Hall–Kier alpha value is -1.73. The Balaban J connectivity index is 2.04. The molecule has 0 bridgehead atoms. The molecule has 0 radical (unpaired) electrons. The topological polar surface area (TPSA) is 102 Å². The van der Waals surface area contributed by atoms with Crippen LogP contribution in [0.4, 0.5) is 5.69 Å². The van der Waals surface area contributed by atoms with Crippen molar-refractivity contribution in [3.8, 4) is 0 Å². The molecule has 2 unspecified atom stereocenters. The molecular weight excluding hydrogens is 266 g/mol.